The third kappa shape index (κ3) is 7.45. The standard InChI is InChI=1S/C22H34ClN3O/c1-3-4-5-6-7-8-9-10-15-24-19-11-12-22(27-17-14-23)20(18-19)21-13-16-25-26(21)2/h11-13,16,18,24H,3-10,14-15,17H2,1-2H3. The van der Waals surface area contributed by atoms with Crippen LogP contribution < -0.4 is 10.1 Å². The van der Waals surface area contributed by atoms with Gasteiger partial charge < -0.3 is 10.1 Å². The van der Waals surface area contributed by atoms with E-state index in [4.69, 9.17) is 16.3 Å². The Morgan fingerprint density at radius 2 is 1.78 bits per heavy atom. The number of aryl methyl sites for hydroxylation is 1. The normalized spacial score (nSPS) is 10.9. The Morgan fingerprint density at radius 3 is 2.44 bits per heavy atom. The van der Waals surface area contributed by atoms with Crippen molar-refractivity contribution in [3.05, 3.63) is 30.5 Å². The molecule has 0 saturated heterocycles. The van der Waals surface area contributed by atoms with Crippen molar-refractivity contribution in [2.24, 2.45) is 7.05 Å². The monoisotopic (exact) mass is 391 g/mol. The van der Waals surface area contributed by atoms with Crippen LogP contribution in [0.3, 0.4) is 0 Å². The number of hydrogen-bond acceptors (Lipinski definition) is 3. The van der Waals surface area contributed by atoms with E-state index in [9.17, 15) is 0 Å². The molecular formula is C22H34ClN3O. The number of ether oxygens (including phenoxy) is 1. The summed E-state index contributed by atoms with van der Waals surface area (Å²) >= 11 is 5.78. The van der Waals surface area contributed by atoms with E-state index in [1.165, 1.54) is 51.4 Å². The molecule has 2 aromatic rings. The molecule has 1 N–H and O–H groups in total. The number of hydrogen-bond donors (Lipinski definition) is 1. The quantitative estimate of drug-likeness (QED) is 0.305. The van der Waals surface area contributed by atoms with Gasteiger partial charge in [0.2, 0.25) is 0 Å². The lowest BCUT2D eigenvalue weighted by Crippen LogP contribution is -2.04. The van der Waals surface area contributed by atoms with Crippen LogP contribution in [0.5, 0.6) is 5.75 Å². The molecule has 0 fully saturated rings. The molecule has 0 aliphatic rings. The zero-order valence-corrected chi connectivity index (χ0v) is 17.6. The number of nitrogens with zero attached hydrogens (tertiary/aromatic N) is 2. The molecule has 0 aliphatic carbocycles. The van der Waals surface area contributed by atoms with Gasteiger partial charge in [0.25, 0.3) is 0 Å². The molecule has 0 amide bonds. The number of halogens is 1. The predicted octanol–water partition coefficient (Wildman–Crippen LogP) is 6.26. The highest BCUT2D eigenvalue weighted by molar-refractivity contribution is 6.18. The van der Waals surface area contributed by atoms with Crippen molar-refractivity contribution in [1.29, 1.82) is 0 Å². The predicted molar refractivity (Wildman–Crippen MR) is 116 cm³/mol. The minimum Gasteiger partial charge on any atom is -0.492 e. The second-order valence-corrected chi connectivity index (χ2v) is 7.37. The summed E-state index contributed by atoms with van der Waals surface area (Å²) in [5.74, 6) is 1.32. The molecule has 0 spiro atoms. The van der Waals surface area contributed by atoms with E-state index < -0.39 is 0 Å². The summed E-state index contributed by atoms with van der Waals surface area (Å²) in [5, 5.41) is 7.83. The lowest BCUT2D eigenvalue weighted by molar-refractivity contribution is 0.344. The Hall–Kier alpha value is -1.68. The van der Waals surface area contributed by atoms with Crippen molar-refractivity contribution < 1.29 is 4.74 Å². The van der Waals surface area contributed by atoms with Crippen molar-refractivity contribution in [2.45, 2.75) is 58.3 Å². The van der Waals surface area contributed by atoms with Gasteiger partial charge in [-0.1, -0.05) is 51.9 Å². The topological polar surface area (TPSA) is 39.1 Å². The molecule has 1 heterocycles. The van der Waals surface area contributed by atoms with Crippen LogP contribution in [0.4, 0.5) is 5.69 Å². The Morgan fingerprint density at radius 1 is 1.04 bits per heavy atom. The average Bonchev–Trinajstić information content (AvgIpc) is 3.11. The van der Waals surface area contributed by atoms with Crippen LogP contribution in [0, 0.1) is 0 Å². The maximum absolute atomic E-state index is 5.82. The van der Waals surface area contributed by atoms with Gasteiger partial charge in [-0.2, -0.15) is 5.10 Å². The molecular weight excluding hydrogens is 358 g/mol. The number of unbranched alkanes of at least 4 members (excludes halogenated alkanes) is 7. The lowest BCUT2D eigenvalue weighted by atomic mass is 10.1. The van der Waals surface area contributed by atoms with Gasteiger partial charge in [-0.05, 0) is 30.7 Å². The molecule has 2 rings (SSSR count). The Bertz CT molecular complexity index is 657. The Labute approximate surface area is 169 Å². The first kappa shape index (κ1) is 21.6. The van der Waals surface area contributed by atoms with Crippen molar-refractivity contribution in [3.8, 4) is 17.0 Å². The molecule has 0 atom stereocenters. The van der Waals surface area contributed by atoms with Crippen LogP contribution in [0.15, 0.2) is 30.5 Å². The van der Waals surface area contributed by atoms with Crippen molar-refractivity contribution in [1.82, 2.24) is 9.78 Å². The minimum absolute atomic E-state index is 0.475. The highest BCUT2D eigenvalue weighted by atomic mass is 35.5. The zero-order chi connectivity index (χ0) is 19.3. The molecule has 1 aromatic carbocycles. The van der Waals surface area contributed by atoms with E-state index in [1.54, 1.807) is 6.20 Å². The second-order valence-electron chi connectivity index (χ2n) is 6.99. The maximum atomic E-state index is 5.82. The van der Waals surface area contributed by atoms with Gasteiger partial charge in [-0.3, -0.25) is 4.68 Å². The van der Waals surface area contributed by atoms with Crippen LogP contribution in [0.2, 0.25) is 0 Å². The lowest BCUT2D eigenvalue weighted by Gasteiger charge is -2.14. The number of anilines is 1. The highest BCUT2D eigenvalue weighted by Gasteiger charge is 2.11. The largest absolute Gasteiger partial charge is 0.492 e. The van der Waals surface area contributed by atoms with Crippen LogP contribution in [-0.2, 0) is 7.05 Å². The first-order valence-electron chi connectivity index (χ1n) is 10.3. The zero-order valence-electron chi connectivity index (χ0n) is 16.8. The van der Waals surface area contributed by atoms with E-state index in [2.05, 4.69) is 29.5 Å². The van der Waals surface area contributed by atoms with Gasteiger partial charge >= 0.3 is 0 Å². The van der Waals surface area contributed by atoms with Crippen molar-refractivity contribution >= 4 is 17.3 Å². The number of aromatic nitrogens is 2. The Kier molecular flexibility index (Phi) is 10.1. The SMILES string of the molecule is CCCCCCCCCCNc1ccc(OCCCl)c(-c2ccnn2C)c1. The third-order valence-electron chi connectivity index (χ3n) is 4.77. The van der Waals surface area contributed by atoms with Gasteiger partial charge in [-0.15, -0.1) is 11.6 Å². The summed E-state index contributed by atoms with van der Waals surface area (Å²) in [6, 6.07) is 8.25. The smallest absolute Gasteiger partial charge is 0.128 e. The second kappa shape index (κ2) is 12.7. The number of rotatable bonds is 14. The molecule has 0 saturated carbocycles. The molecule has 1 aromatic heterocycles. The van der Waals surface area contributed by atoms with E-state index >= 15 is 0 Å². The summed E-state index contributed by atoms with van der Waals surface area (Å²) < 4.78 is 7.68. The van der Waals surface area contributed by atoms with Gasteiger partial charge in [0.1, 0.15) is 12.4 Å². The van der Waals surface area contributed by atoms with Gasteiger partial charge in [0, 0.05) is 31.0 Å². The fourth-order valence-corrected chi connectivity index (χ4v) is 3.32. The fourth-order valence-electron chi connectivity index (χ4n) is 3.24. The molecule has 0 unspecified atom stereocenters. The first-order chi connectivity index (χ1) is 13.3. The molecule has 0 radical (unpaired) electrons. The third-order valence-corrected chi connectivity index (χ3v) is 4.92. The van der Waals surface area contributed by atoms with E-state index in [-0.39, 0.29) is 0 Å². The Balaban J connectivity index is 1.84. The summed E-state index contributed by atoms with van der Waals surface area (Å²) in [4.78, 5) is 0. The van der Waals surface area contributed by atoms with Gasteiger partial charge in [-0.25, -0.2) is 0 Å². The van der Waals surface area contributed by atoms with Crippen LogP contribution >= 0.6 is 11.6 Å². The number of nitrogens with one attached hydrogen (secondary N) is 1. The molecule has 0 aliphatic heterocycles. The fraction of sp³-hybridized carbons (Fsp3) is 0.591. The number of benzene rings is 1. The van der Waals surface area contributed by atoms with E-state index in [1.807, 2.05) is 23.9 Å². The van der Waals surface area contributed by atoms with E-state index in [0.717, 1.165) is 29.2 Å². The van der Waals surface area contributed by atoms with Crippen LogP contribution in [0.25, 0.3) is 11.3 Å². The summed E-state index contributed by atoms with van der Waals surface area (Å²) in [5.41, 5.74) is 3.20. The average molecular weight is 392 g/mol. The summed E-state index contributed by atoms with van der Waals surface area (Å²) in [6.45, 7) is 3.76. The van der Waals surface area contributed by atoms with Crippen molar-refractivity contribution in [2.75, 3.05) is 24.3 Å². The van der Waals surface area contributed by atoms with Gasteiger partial charge in [0.05, 0.1) is 11.6 Å². The first-order valence-corrected chi connectivity index (χ1v) is 10.8. The van der Waals surface area contributed by atoms with Crippen molar-refractivity contribution in [3.63, 3.8) is 0 Å². The number of alkyl halides is 1. The maximum Gasteiger partial charge on any atom is 0.128 e. The van der Waals surface area contributed by atoms with Crippen LogP contribution in [0.1, 0.15) is 58.3 Å². The summed E-state index contributed by atoms with van der Waals surface area (Å²) in [6.07, 6.45) is 12.5. The van der Waals surface area contributed by atoms with E-state index in [0.29, 0.717) is 12.5 Å². The van der Waals surface area contributed by atoms with Crippen LogP contribution in [-0.4, -0.2) is 28.8 Å². The van der Waals surface area contributed by atoms with Gasteiger partial charge in [0.15, 0.2) is 0 Å². The molecule has 27 heavy (non-hydrogen) atoms. The molecule has 150 valence electrons. The summed E-state index contributed by atoms with van der Waals surface area (Å²) in [7, 11) is 1.95. The molecule has 5 heteroatoms. The highest BCUT2D eigenvalue weighted by Crippen LogP contribution is 2.32. The molecule has 0 bridgehead atoms. The minimum atomic E-state index is 0.475. The molecule has 4 nitrogen and oxygen atoms in total.